The molecule has 0 atom stereocenters. The molecule has 0 fully saturated rings. The van der Waals surface area contributed by atoms with Crippen molar-refractivity contribution < 1.29 is 37.2 Å². The number of carbonyl (C=O) groups excluding carboxylic acids is 2. The van der Waals surface area contributed by atoms with Gasteiger partial charge in [0, 0.05) is 11.1 Å². The summed E-state index contributed by atoms with van der Waals surface area (Å²) in [5.74, 6) is -0.867. The molecular formula is C20H35O8P. The zero-order valence-corrected chi connectivity index (χ0v) is 18.8. The summed E-state index contributed by atoms with van der Waals surface area (Å²) in [6.45, 7) is 13.2. The molecule has 0 bridgehead atoms. The van der Waals surface area contributed by atoms with Crippen LogP contribution >= 0.6 is 7.82 Å². The summed E-state index contributed by atoms with van der Waals surface area (Å²) >= 11 is 0. The summed E-state index contributed by atoms with van der Waals surface area (Å²) < 4.78 is 38.7. The molecule has 0 heterocycles. The van der Waals surface area contributed by atoms with Gasteiger partial charge in [0.25, 0.3) is 0 Å². The largest absolute Gasteiger partial charge is 0.474 e. The predicted molar refractivity (Wildman–Crippen MR) is 110 cm³/mol. The van der Waals surface area contributed by atoms with Crippen LogP contribution in [0.1, 0.15) is 59.3 Å². The molecule has 0 aromatic carbocycles. The molecule has 9 heteroatoms. The van der Waals surface area contributed by atoms with Gasteiger partial charge in [-0.3, -0.25) is 13.6 Å². The Morgan fingerprint density at radius 3 is 1.38 bits per heavy atom. The third-order valence-electron chi connectivity index (χ3n) is 3.49. The molecule has 0 radical (unpaired) electrons. The Morgan fingerprint density at radius 1 is 0.690 bits per heavy atom. The molecule has 0 amide bonds. The zero-order valence-electron chi connectivity index (χ0n) is 17.9. The average molecular weight is 434 g/mol. The second kappa shape index (κ2) is 16.3. The molecule has 0 aliphatic heterocycles. The molecule has 8 nitrogen and oxygen atoms in total. The van der Waals surface area contributed by atoms with E-state index in [0.717, 1.165) is 12.8 Å². The third-order valence-corrected chi connectivity index (χ3v) is 4.98. The van der Waals surface area contributed by atoms with Crippen LogP contribution in [0.15, 0.2) is 24.3 Å². The summed E-state index contributed by atoms with van der Waals surface area (Å²) in [4.78, 5) is 22.6. The molecule has 29 heavy (non-hydrogen) atoms. The Kier molecular flexibility index (Phi) is 15.5. The Hall–Kier alpha value is -1.47. The SMILES string of the molecule is C=C(C)C(=O)OCCCCOP(=O)(OCCCC)OCCCCOC(=O)C(=C)C. The van der Waals surface area contributed by atoms with Gasteiger partial charge >= 0.3 is 19.8 Å². The molecule has 0 N–H and O–H groups in total. The van der Waals surface area contributed by atoms with Gasteiger partial charge < -0.3 is 9.47 Å². The van der Waals surface area contributed by atoms with E-state index in [-0.39, 0.29) is 33.0 Å². The van der Waals surface area contributed by atoms with Gasteiger partial charge in [0.05, 0.1) is 33.0 Å². The van der Waals surface area contributed by atoms with E-state index in [2.05, 4.69) is 13.2 Å². The third kappa shape index (κ3) is 15.1. The minimum atomic E-state index is -3.66. The first kappa shape index (κ1) is 27.5. The number of phosphoric acid groups is 1. The van der Waals surface area contributed by atoms with E-state index in [0.29, 0.717) is 36.8 Å². The van der Waals surface area contributed by atoms with E-state index < -0.39 is 19.8 Å². The average Bonchev–Trinajstić information content (AvgIpc) is 2.67. The van der Waals surface area contributed by atoms with E-state index in [1.54, 1.807) is 13.8 Å². The van der Waals surface area contributed by atoms with Crippen LogP contribution in [0.4, 0.5) is 0 Å². The molecule has 0 rings (SSSR count). The number of unbranched alkanes of at least 4 members (excludes halogenated alkanes) is 3. The van der Waals surface area contributed by atoms with Crippen molar-refractivity contribution in [3.8, 4) is 0 Å². The van der Waals surface area contributed by atoms with Crippen LogP contribution in [0.5, 0.6) is 0 Å². The van der Waals surface area contributed by atoms with Crippen molar-refractivity contribution in [3.63, 3.8) is 0 Å². The Labute approximate surface area is 174 Å². The summed E-state index contributed by atoms with van der Waals surface area (Å²) in [6.07, 6.45) is 3.81. The van der Waals surface area contributed by atoms with Crippen LogP contribution < -0.4 is 0 Å². The van der Waals surface area contributed by atoms with E-state index >= 15 is 0 Å². The Bertz CT molecular complexity index is 531. The highest BCUT2D eigenvalue weighted by molar-refractivity contribution is 7.48. The predicted octanol–water partition coefficient (Wildman–Crippen LogP) is 4.74. The highest BCUT2D eigenvalue weighted by Crippen LogP contribution is 2.49. The topological polar surface area (TPSA) is 97.4 Å². The van der Waals surface area contributed by atoms with Crippen molar-refractivity contribution in [1.29, 1.82) is 0 Å². The van der Waals surface area contributed by atoms with Crippen molar-refractivity contribution in [2.45, 2.75) is 59.3 Å². The van der Waals surface area contributed by atoms with Crippen LogP contribution in [0.3, 0.4) is 0 Å². The maximum atomic E-state index is 12.7. The number of esters is 2. The molecule has 0 saturated heterocycles. The molecule has 0 aliphatic rings. The highest BCUT2D eigenvalue weighted by Gasteiger charge is 2.26. The van der Waals surface area contributed by atoms with Crippen LogP contribution in [0, 0.1) is 0 Å². The lowest BCUT2D eigenvalue weighted by atomic mass is 10.3. The molecule has 0 saturated carbocycles. The minimum Gasteiger partial charge on any atom is -0.462 e. The zero-order chi connectivity index (χ0) is 22.1. The molecule has 0 aliphatic carbocycles. The van der Waals surface area contributed by atoms with Crippen LogP contribution in [0.25, 0.3) is 0 Å². The fraction of sp³-hybridized carbons (Fsp3) is 0.700. The van der Waals surface area contributed by atoms with Crippen LogP contribution in [0.2, 0.25) is 0 Å². The number of hydrogen-bond donors (Lipinski definition) is 0. The Balaban J connectivity index is 4.14. The minimum absolute atomic E-state index is 0.157. The molecular weight excluding hydrogens is 399 g/mol. The van der Waals surface area contributed by atoms with Crippen LogP contribution in [-0.2, 0) is 37.2 Å². The highest BCUT2D eigenvalue weighted by atomic mass is 31.2. The summed E-state index contributed by atoms with van der Waals surface area (Å²) in [6, 6.07) is 0. The quantitative estimate of drug-likeness (QED) is 0.132. The first-order chi connectivity index (χ1) is 13.7. The van der Waals surface area contributed by atoms with Crippen molar-refractivity contribution in [2.24, 2.45) is 0 Å². The number of phosphoric ester groups is 1. The van der Waals surface area contributed by atoms with Crippen molar-refractivity contribution >= 4 is 19.8 Å². The molecule has 0 unspecified atom stereocenters. The standard InChI is InChI=1S/C20H35O8P/c1-6-7-14-26-29(23,27-15-10-8-12-24-19(21)17(2)3)28-16-11-9-13-25-20(22)18(4)5/h2,4,6-16H2,1,3,5H3. The monoisotopic (exact) mass is 434 g/mol. The second-order valence-corrected chi connectivity index (χ2v) is 8.22. The summed E-state index contributed by atoms with van der Waals surface area (Å²) in [5.41, 5.74) is 0.690. The van der Waals surface area contributed by atoms with Crippen LogP contribution in [-0.4, -0.2) is 45.0 Å². The summed E-state index contributed by atoms with van der Waals surface area (Å²) in [7, 11) is -3.66. The van der Waals surface area contributed by atoms with Gasteiger partial charge in [-0.1, -0.05) is 26.5 Å². The smallest absolute Gasteiger partial charge is 0.462 e. The van der Waals surface area contributed by atoms with Gasteiger partial charge in [-0.2, -0.15) is 0 Å². The fourth-order valence-electron chi connectivity index (χ4n) is 1.77. The van der Waals surface area contributed by atoms with Gasteiger partial charge in [0.2, 0.25) is 0 Å². The lowest BCUT2D eigenvalue weighted by Gasteiger charge is -2.18. The number of rotatable bonds is 18. The molecule has 0 spiro atoms. The normalized spacial score (nSPS) is 11.1. The maximum absolute atomic E-state index is 12.7. The van der Waals surface area contributed by atoms with E-state index in [1.807, 2.05) is 6.92 Å². The summed E-state index contributed by atoms with van der Waals surface area (Å²) in [5, 5.41) is 0. The van der Waals surface area contributed by atoms with E-state index in [1.165, 1.54) is 0 Å². The lowest BCUT2D eigenvalue weighted by molar-refractivity contribution is -0.139. The van der Waals surface area contributed by atoms with E-state index in [9.17, 15) is 14.2 Å². The number of hydrogen-bond acceptors (Lipinski definition) is 8. The lowest BCUT2D eigenvalue weighted by Crippen LogP contribution is -2.08. The molecule has 168 valence electrons. The van der Waals surface area contributed by atoms with Crippen molar-refractivity contribution in [2.75, 3.05) is 33.0 Å². The van der Waals surface area contributed by atoms with Gasteiger partial charge in [-0.15, -0.1) is 0 Å². The molecule has 0 aromatic rings. The van der Waals surface area contributed by atoms with Crippen molar-refractivity contribution in [1.82, 2.24) is 0 Å². The first-order valence-electron chi connectivity index (χ1n) is 9.90. The fourth-order valence-corrected chi connectivity index (χ4v) is 3.05. The first-order valence-corrected chi connectivity index (χ1v) is 11.4. The number of carbonyl (C=O) groups is 2. The Morgan fingerprint density at radius 2 is 1.03 bits per heavy atom. The van der Waals surface area contributed by atoms with Gasteiger partial charge in [0.1, 0.15) is 0 Å². The van der Waals surface area contributed by atoms with Gasteiger partial charge in [-0.05, 0) is 46.0 Å². The number of ether oxygens (including phenoxy) is 2. The van der Waals surface area contributed by atoms with Gasteiger partial charge in [0.15, 0.2) is 0 Å². The molecule has 0 aromatic heterocycles. The van der Waals surface area contributed by atoms with Gasteiger partial charge in [-0.25, -0.2) is 14.2 Å². The second-order valence-electron chi connectivity index (χ2n) is 6.55. The van der Waals surface area contributed by atoms with E-state index in [4.69, 9.17) is 23.0 Å². The maximum Gasteiger partial charge on any atom is 0.474 e. The van der Waals surface area contributed by atoms with Crippen molar-refractivity contribution in [3.05, 3.63) is 24.3 Å².